The second kappa shape index (κ2) is 8.19. The molecule has 0 radical (unpaired) electrons. The van der Waals surface area contributed by atoms with Gasteiger partial charge in [0.1, 0.15) is 6.61 Å². The van der Waals surface area contributed by atoms with E-state index in [9.17, 15) is 13.2 Å². The molecule has 0 fully saturated rings. The highest BCUT2D eigenvalue weighted by Crippen LogP contribution is 2.27. The van der Waals surface area contributed by atoms with Crippen molar-refractivity contribution >= 4 is 11.6 Å². The van der Waals surface area contributed by atoms with Gasteiger partial charge in [-0.25, -0.2) is 0 Å². The first-order chi connectivity index (χ1) is 11.0. The number of rotatable bonds is 6. The van der Waals surface area contributed by atoms with Crippen molar-refractivity contribution in [2.45, 2.75) is 25.9 Å². The molecule has 0 atom stereocenters. The van der Waals surface area contributed by atoms with Crippen molar-refractivity contribution in [1.82, 2.24) is 5.32 Å². The van der Waals surface area contributed by atoms with E-state index in [0.29, 0.717) is 13.0 Å². The number of guanidine groups is 1. The van der Waals surface area contributed by atoms with E-state index in [0.717, 1.165) is 31.2 Å². The lowest BCUT2D eigenvalue weighted by atomic mass is 10.2. The van der Waals surface area contributed by atoms with Crippen LogP contribution in [-0.2, 0) is 11.2 Å². The summed E-state index contributed by atoms with van der Waals surface area (Å²) < 4.78 is 40.5. The van der Waals surface area contributed by atoms with Gasteiger partial charge in [0.05, 0.1) is 0 Å². The minimum Gasteiger partial charge on any atom is -0.372 e. The molecule has 0 saturated heterocycles. The monoisotopic (exact) mass is 329 g/mol. The number of ether oxygens (including phenoxy) is 1. The third-order valence-electron chi connectivity index (χ3n) is 3.45. The Labute approximate surface area is 134 Å². The number of benzene rings is 1. The van der Waals surface area contributed by atoms with E-state index in [2.05, 4.69) is 32.1 Å². The SMILES string of the molecule is CCNC(=NCCCOCC(F)(F)F)N1CCc2ccccc21. The van der Waals surface area contributed by atoms with Crippen molar-refractivity contribution in [1.29, 1.82) is 0 Å². The van der Waals surface area contributed by atoms with Gasteiger partial charge in [-0.05, 0) is 31.4 Å². The molecule has 7 heteroatoms. The normalized spacial score (nSPS) is 15.0. The van der Waals surface area contributed by atoms with Crippen molar-refractivity contribution in [3.05, 3.63) is 29.8 Å². The Balaban J connectivity index is 1.87. The van der Waals surface area contributed by atoms with Gasteiger partial charge in [0.2, 0.25) is 0 Å². The first-order valence-corrected chi connectivity index (χ1v) is 7.79. The van der Waals surface area contributed by atoms with Crippen LogP contribution < -0.4 is 10.2 Å². The number of hydrogen-bond donors (Lipinski definition) is 1. The predicted octanol–water partition coefficient (Wildman–Crippen LogP) is 2.98. The maximum Gasteiger partial charge on any atom is 0.411 e. The Morgan fingerprint density at radius 2 is 2.13 bits per heavy atom. The maximum absolute atomic E-state index is 12.0. The summed E-state index contributed by atoms with van der Waals surface area (Å²) >= 11 is 0. The highest BCUT2D eigenvalue weighted by Gasteiger charge is 2.27. The van der Waals surface area contributed by atoms with Gasteiger partial charge in [-0.15, -0.1) is 0 Å². The number of fused-ring (bicyclic) bond motifs is 1. The number of alkyl halides is 3. The quantitative estimate of drug-likeness (QED) is 0.495. The molecule has 0 aromatic heterocycles. The summed E-state index contributed by atoms with van der Waals surface area (Å²) in [5.41, 5.74) is 2.42. The van der Waals surface area contributed by atoms with E-state index < -0.39 is 12.8 Å². The Morgan fingerprint density at radius 1 is 1.35 bits per heavy atom. The molecule has 1 heterocycles. The van der Waals surface area contributed by atoms with Gasteiger partial charge in [0.25, 0.3) is 0 Å². The largest absolute Gasteiger partial charge is 0.411 e. The zero-order valence-corrected chi connectivity index (χ0v) is 13.2. The van der Waals surface area contributed by atoms with Gasteiger partial charge in [-0.2, -0.15) is 13.2 Å². The standard InChI is InChI=1S/C16H22F3N3O/c1-2-20-15(21-9-5-11-23-12-16(17,18)19)22-10-8-13-6-3-4-7-14(13)22/h3-4,6-7H,2,5,8-12H2,1H3,(H,20,21). The zero-order chi connectivity index (χ0) is 16.7. The van der Waals surface area contributed by atoms with Gasteiger partial charge >= 0.3 is 6.18 Å². The lowest BCUT2D eigenvalue weighted by molar-refractivity contribution is -0.173. The molecule has 1 aliphatic heterocycles. The number of aliphatic imine (C=N–C) groups is 1. The van der Waals surface area contributed by atoms with Crippen molar-refractivity contribution in [2.75, 3.05) is 37.7 Å². The summed E-state index contributed by atoms with van der Waals surface area (Å²) in [5.74, 6) is 0.772. The summed E-state index contributed by atoms with van der Waals surface area (Å²) in [7, 11) is 0. The van der Waals surface area contributed by atoms with Crippen LogP contribution in [0.25, 0.3) is 0 Å². The van der Waals surface area contributed by atoms with Crippen LogP contribution in [0.15, 0.2) is 29.3 Å². The van der Waals surface area contributed by atoms with E-state index in [1.807, 2.05) is 19.1 Å². The fourth-order valence-corrected chi connectivity index (χ4v) is 2.49. The molecular weight excluding hydrogens is 307 g/mol. The van der Waals surface area contributed by atoms with E-state index in [1.54, 1.807) is 0 Å². The van der Waals surface area contributed by atoms with E-state index in [4.69, 9.17) is 0 Å². The predicted molar refractivity (Wildman–Crippen MR) is 85.0 cm³/mol. The molecule has 1 aromatic carbocycles. The van der Waals surface area contributed by atoms with Crippen molar-refractivity contribution < 1.29 is 17.9 Å². The molecule has 0 aliphatic carbocycles. The lowest BCUT2D eigenvalue weighted by Crippen LogP contribution is -2.40. The lowest BCUT2D eigenvalue weighted by Gasteiger charge is -2.22. The molecule has 1 aromatic rings. The Morgan fingerprint density at radius 3 is 2.87 bits per heavy atom. The van der Waals surface area contributed by atoms with Crippen LogP contribution in [-0.4, -0.2) is 45.0 Å². The molecule has 0 unspecified atom stereocenters. The summed E-state index contributed by atoms with van der Waals surface area (Å²) in [4.78, 5) is 6.62. The zero-order valence-electron chi connectivity index (χ0n) is 13.2. The van der Waals surface area contributed by atoms with E-state index in [-0.39, 0.29) is 6.61 Å². The summed E-state index contributed by atoms with van der Waals surface area (Å²) in [6.07, 6.45) is -2.84. The third kappa shape index (κ3) is 5.42. The third-order valence-corrected chi connectivity index (χ3v) is 3.45. The molecule has 0 spiro atoms. The molecular formula is C16H22F3N3O. The fraction of sp³-hybridized carbons (Fsp3) is 0.562. The molecule has 1 aliphatic rings. The summed E-state index contributed by atoms with van der Waals surface area (Å²) in [6.45, 7) is 2.87. The number of halogens is 3. The molecule has 0 saturated carbocycles. The molecule has 4 nitrogen and oxygen atoms in total. The van der Waals surface area contributed by atoms with Crippen molar-refractivity contribution in [2.24, 2.45) is 4.99 Å². The van der Waals surface area contributed by atoms with Crippen molar-refractivity contribution in [3.8, 4) is 0 Å². The number of nitrogens with zero attached hydrogens (tertiary/aromatic N) is 2. The first kappa shape index (κ1) is 17.6. The first-order valence-electron chi connectivity index (χ1n) is 7.79. The summed E-state index contributed by atoms with van der Waals surface area (Å²) in [5, 5.41) is 3.24. The topological polar surface area (TPSA) is 36.9 Å². The van der Waals surface area contributed by atoms with Crippen LogP contribution >= 0.6 is 0 Å². The minimum absolute atomic E-state index is 0.0546. The molecule has 0 bridgehead atoms. The molecule has 1 N–H and O–H groups in total. The molecule has 128 valence electrons. The number of nitrogens with one attached hydrogen (secondary N) is 1. The molecule has 23 heavy (non-hydrogen) atoms. The highest BCUT2D eigenvalue weighted by atomic mass is 19.4. The average molecular weight is 329 g/mol. The van der Waals surface area contributed by atoms with Gasteiger partial charge in [-0.3, -0.25) is 4.99 Å². The second-order valence-corrected chi connectivity index (χ2v) is 5.29. The van der Waals surface area contributed by atoms with E-state index in [1.165, 1.54) is 5.56 Å². The van der Waals surface area contributed by atoms with Crippen LogP contribution in [0.3, 0.4) is 0 Å². The van der Waals surface area contributed by atoms with Crippen LogP contribution in [0.2, 0.25) is 0 Å². The smallest absolute Gasteiger partial charge is 0.372 e. The fourth-order valence-electron chi connectivity index (χ4n) is 2.49. The number of anilines is 1. The van der Waals surface area contributed by atoms with Crippen LogP contribution in [0.1, 0.15) is 18.9 Å². The van der Waals surface area contributed by atoms with Crippen LogP contribution in [0.4, 0.5) is 18.9 Å². The molecule has 2 rings (SSSR count). The van der Waals surface area contributed by atoms with Crippen LogP contribution in [0.5, 0.6) is 0 Å². The van der Waals surface area contributed by atoms with Gasteiger partial charge in [0.15, 0.2) is 5.96 Å². The Kier molecular flexibility index (Phi) is 6.27. The number of hydrogen-bond acceptors (Lipinski definition) is 2. The molecule has 0 amide bonds. The second-order valence-electron chi connectivity index (χ2n) is 5.29. The highest BCUT2D eigenvalue weighted by molar-refractivity contribution is 5.97. The van der Waals surface area contributed by atoms with Crippen molar-refractivity contribution in [3.63, 3.8) is 0 Å². The average Bonchev–Trinajstić information content (AvgIpc) is 2.92. The van der Waals surface area contributed by atoms with E-state index >= 15 is 0 Å². The summed E-state index contributed by atoms with van der Waals surface area (Å²) in [6, 6.07) is 8.17. The van der Waals surface area contributed by atoms with Gasteiger partial charge in [-0.1, -0.05) is 18.2 Å². The Hall–Kier alpha value is -1.76. The maximum atomic E-state index is 12.0. The van der Waals surface area contributed by atoms with Crippen LogP contribution in [0, 0.1) is 0 Å². The minimum atomic E-state index is -4.27. The van der Waals surface area contributed by atoms with Gasteiger partial charge in [0, 0.05) is 31.9 Å². The van der Waals surface area contributed by atoms with Gasteiger partial charge < -0.3 is 15.0 Å². The Bertz CT molecular complexity index is 532. The number of para-hydroxylation sites is 1.